The van der Waals surface area contributed by atoms with Gasteiger partial charge in [0.05, 0.1) is 13.2 Å². The molecule has 0 fully saturated rings. The van der Waals surface area contributed by atoms with Gasteiger partial charge in [-0.25, -0.2) is 0 Å². The van der Waals surface area contributed by atoms with E-state index in [1.165, 1.54) is 11.1 Å². The molecule has 19 heavy (non-hydrogen) atoms. The molecular formula is C15H26N2O2. The lowest BCUT2D eigenvalue weighted by molar-refractivity contribution is 0.0657. The largest absolute Gasteiger partial charge is 0.382 e. The van der Waals surface area contributed by atoms with E-state index in [1.54, 1.807) is 7.11 Å². The van der Waals surface area contributed by atoms with Crippen LogP contribution in [0.1, 0.15) is 36.9 Å². The van der Waals surface area contributed by atoms with Crippen LogP contribution in [0.4, 0.5) is 0 Å². The second-order valence-corrected chi connectivity index (χ2v) is 4.70. The molecule has 0 saturated heterocycles. The van der Waals surface area contributed by atoms with Gasteiger partial charge < -0.3 is 14.8 Å². The summed E-state index contributed by atoms with van der Waals surface area (Å²) >= 11 is 0. The van der Waals surface area contributed by atoms with Crippen molar-refractivity contribution in [1.29, 1.82) is 0 Å². The summed E-state index contributed by atoms with van der Waals surface area (Å²) in [5.41, 5.74) is 2.44. The van der Waals surface area contributed by atoms with Crippen LogP contribution in [0.2, 0.25) is 0 Å². The van der Waals surface area contributed by atoms with E-state index in [0.717, 1.165) is 26.0 Å². The van der Waals surface area contributed by atoms with Gasteiger partial charge in [0.15, 0.2) is 0 Å². The minimum Gasteiger partial charge on any atom is -0.382 e. The van der Waals surface area contributed by atoms with Crippen LogP contribution in [0.5, 0.6) is 0 Å². The Balaban J connectivity index is 2.47. The highest BCUT2D eigenvalue weighted by atomic mass is 16.5. The number of nitrogens with one attached hydrogen (secondary N) is 1. The molecule has 0 aliphatic carbocycles. The topological polar surface area (TPSA) is 43.4 Å². The average Bonchev–Trinajstić information content (AvgIpc) is 2.42. The lowest BCUT2D eigenvalue weighted by Gasteiger charge is -2.19. The van der Waals surface area contributed by atoms with Gasteiger partial charge in [-0.15, -0.1) is 0 Å². The molecule has 1 rings (SSSR count). The van der Waals surface area contributed by atoms with E-state index >= 15 is 0 Å². The number of methoxy groups -OCH3 is 1. The fourth-order valence-electron chi connectivity index (χ4n) is 1.92. The molecule has 1 heterocycles. The van der Waals surface area contributed by atoms with Gasteiger partial charge >= 0.3 is 0 Å². The predicted octanol–water partition coefficient (Wildman–Crippen LogP) is 2.48. The van der Waals surface area contributed by atoms with Crippen molar-refractivity contribution in [2.45, 2.75) is 32.7 Å². The third kappa shape index (κ3) is 6.66. The number of pyridine rings is 1. The van der Waals surface area contributed by atoms with Gasteiger partial charge in [0.25, 0.3) is 0 Å². The molecule has 1 aromatic heterocycles. The molecule has 1 unspecified atom stereocenters. The smallest absolute Gasteiger partial charge is 0.0700 e. The first-order valence-electron chi connectivity index (χ1n) is 6.99. The van der Waals surface area contributed by atoms with Crippen LogP contribution in [-0.4, -0.2) is 38.5 Å². The first-order chi connectivity index (χ1) is 9.27. The molecule has 1 aromatic rings. The molecule has 4 heteroatoms. The zero-order chi connectivity index (χ0) is 13.9. The van der Waals surface area contributed by atoms with Crippen LogP contribution in [-0.2, 0) is 9.47 Å². The molecular weight excluding hydrogens is 240 g/mol. The summed E-state index contributed by atoms with van der Waals surface area (Å²) in [7, 11) is 1.69. The fraction of sp³-hybridized carbons (Fsp3) is 0.667. The minimum atomic E-state index is 0.315. The molecule has 108 valence electrons. The van der Waals surface area contributed by atoms with Crippen molar-refractivity contribution in [2.24, 2.45) is 0 Å². The Hall–Kier alpha value is -0.970. The minimum absolute atomic E-state index is 0.315. The van der Waals surface area contributed by atoms with Crippen molar-refractivity contribution in [1.82, 2.24) is 10.3 Å². The highest BCUT2D eigenvalue weighted by Crippen LogP contribution is 2.17. The normalized spacial score (nSPS) is 12.6. The molecule has 0 saturated carbocycles. The van der Waals surface area contributed by atoms with Gasteiger partial charge in [-0.2, -0.15) is 0 Å². The van der Waals surface area contributed by atoms with E-state index in [4.69, 9.17) is 9.47 Å². The lowest BCUT2D eigenvalue weighted by atomic mass is 10.0. The Bertz CT molecular complexity index is 345. The Morgan fingerprint density at radius 1 is 1.26 bits per heavy atom. The summed E-state index contributed by atoms with van der Waals surface area (Å²) in [5, 5.41) is 3.55. The SMILES string of the molecule is CCCNC(CCOCCOC)c1cncc(C)c1. The number of rotatable bonds is 10. The van der Waals surface area contributed by atoms with E-state index in [0.29, 0.717) is 19.3 Å². The van der Waals surface area contributed by atoms with Gasteiger partial charge in [0.1, 0.15) is 0 Å². The maximum absolute atomic E-state index is 5.55. The van der Waals surface area contributed by atoms with Gasteiger partial charge in [0.2, 0.25) is 0 Å². The van der Waals surface area contributed by atoms with Crippen LogP contribution < -0.4 is 5.32 Å². The number of nitrogens with zero attached hydrogens (tertiary/aromatic N) is 1. The third-order valence-electron chi connectivity index (χ3n) is 2.92. The van der Waals surface area contributed by atoms with Gasteiger partial charge in [0, 0.05) is 32.2 Å². The molecule has 4 nitrogen and oxygen atoms in total. The number of aryl methyl sites for hydroxylation is 1. The third-order valence-corrected chi connectivity index (χ3v) is 2.92. The summed E-state index contributed by atoms with van der Waals surface area (Å²) in [4.78, 5) is 4.27. The zero-order valence-corrected chi connectivity index (χ0v) is 12.3. The summed E-state index contributed by atoms with van der Waals surface area (Å²) in [6.45, 7) is 7.30. The second kappa shape index (κ2) is 9.89. The molecule has 0 bridgehead atoms. The van der Waals surface area contributed by atoms with E-state index in [-0.39, 0.29) is 0 Å². The summed E-state index contributed by atoms with van der Waals surface area (Å²) in [6.07, 6.45) is 5.90. The second-order valence-electron chi connectivity index (χ2n) is 4.70. The van der Waals surface area contributed by atoms with Crippen LogP contribution in [0.15, 0.2) is 18.5 Å². The first kappa shape index (κ1) is 16.1. The Kier molecular flexibility index (Phi) is 8.38. The van der Waals surface area contributed by atoms with Crippen molar-refractivity contribution < 1.29 is 9.47 Å². The quantitative estimate of drug-likeness (QED) is 0.661. The van der Waals surface area contributed by atoms with Crippen LogP contribution in [0.25, 0.3) is 0 Å². The van der Waals surface area contributed by atoms with Gasteiger partial charge in [-0.1, -0.05) is 13.0 Å². The van der Waals surface area contributed by atoms with Crippen molar-refractivity contribution in [2.75, 3.05) is 33.5 Å². The summed E-state index contributed by atoms with van der Waals surface area (Å²) in [5.74, 6) is 0. The van der Waals surface area contributed by atoms with Crippen LogP contribution >= 0.6 is 0 Å². The molecule has 0 aliphatic heterocycles. The highest BCUT2D eigenvalue weighted by molar-refractivity contribution is 5.20. The van der Waals surface area contributed by atoms with Crippen molar-refractivity contribution in [3.8, 4) is 0 Å². The first-order valence-corrected chi connectivity index (χ1v) is 6.99. The molecule has 1 N–H and O–H groups in total. The Morgan fingerprint density at radius 3 is 2.79 bits per heavy atom. The van der Waals surface area contributed by atoms with Crippen molar-refractivity contribution in [3.05, 3.63) is 29.6 Å². The van der Waals surface area contributed by atoms with E-state index in [9.17, 15) is 0 Å². The number of hydrogen-bond donors (Lipinski definition) is 1. The van der Waals surface area contributed by atoms with Crippen molar-refractivity contribution >= 4 is 0 Å². The zero-order valence-electron chi connectivity index (χ0n) is 12.3. The van der Waals surface area contributed by atoms with Gasteiger partial charge in [-0.3, -0.25) is 4.98 Å². The van der Waals surface area contributed by atoms with E-state index in [2.05, 4.69) is 30.2 Å². The predicted molar refractivity (Wildman–Crippen MR) is 77.3 cm³/mol. The molecule has 0 aliphatic rings. The fourth-order valence-corrected chi connectivity index (χ4v) is 1.92. The monoisotopic (exact) mass is 266 g/mol. The Labute approximate surface area is 116 Å². The number of ether oxygens (including phenoxy) is 2. The van der Waals surface area contributed by atoms with Gasteiger partial charge in [-0.05, 0) is 37.4 Å². The molecule has 0 radical (unpaired) electrons. The maximum atomic E-state index is 5.55. The average molecular weight is 266 g/mol. The van der Waals surface area contributed by atoms with E-state index in [1.807, 2.05) is 12.4 Å². The molecule has 0 spiro atoms. The molecule has 0 aromatic carbocycles. The maximum Gasteiger partial charge on any atom is 0.0700 e. The molecule has 0 amide bonds. The van der Waals surface area contributed by atoms with E-state index < -0.39 is 0 Å². The number of hydrogen-bond acceptors (Lipinski definition) is 4. The van der Waals surface area contributed by atoms with Crippen LogP contribution in [0.3, 0.4) is 0 Å². The molecule has 1 atom stereocenters. The summed E-state index contributed by atoms with van der Waals surface area (Å²) < 4.78 is 10.5. The highest BCUT2D eigenvalue weighted by Gasteiger charge is 2.11. The van der Waals surface area contributed by atoms with Crippen LogP contribution in [0, 0.1) is 6.92 Å². The van der Waals surface area contributed by atoms with Crippen molar-refractivity contribution in [3.63, 3.8) is 0 Å². The standard InChI is InChI=1S/C15H26N2O2/c1-4-6-17-15(5-7-19-9-8-18-3)14-10-13(2)11-16-12-14/h10-12,15,17H,4-9H2,1-3H3. The number of aromatic nitrogens is 1. The Morgan fingerprint density at radius 2 is 2.11 bits per heavy atom. The lowest BCUT2D eigenvalue weighted by Crippen LogP contribution is -2.24. The summed E-state index contributed by atoms with van der Waals surface area (Å²) in [6, 6.07) is 2.50.